The molecular formula is C19H21F3N2O. The Morgan fingerprint density at radius 2 is 1.72 bits per heavy atom. The third-order valence-electron chi connectivity index (χ3n) is 3.89. The maximum absolute atomic E-state index is 13.6. The molecule has 2 aromatic carbocycles. The summed E-state index contributed by atoms with van der Waals surface area (Å²) in [6, 6.07) is 11.9. The highest BCUT2D eigenvalue weighted by atomic mass is 19.2. The summed E-state index contributed by atoms with van der Waals surface area (Å²) < 4.78 is 39.7. The normalized spacial score (nSPS) is 11.2. The Balaban J connectivity index is 1.94. The van der Waals surface area contributed by atoms with Crippen molar-refractivity contribution in [2.45, 2.75) is 32.9 Å². The number of anilines is 1. The third-order valence-corrected chi connectivity index (χ3v) is 3.89. The Morgan fingerprint density at radius 3 is 2.36 bits per heavy atom. The van der Waals surface area contributed by atoms with Gasteiger partial charge in [0.15, 0.2) is 17.5 Å². The molecule has 1 N–H and O–H groups in total. The monoisotopic (exact) mass is 350 g/mol. The molecule has 0 fully saturated rings. The van der Waals surface area contributed by atoms with Crippen LogP contribution in [0.5, 0.6) is 0 Å². The molecule has 25 heavy (non-hydrogen) atoms. The summed E-state index contributed by atoms with van der Waals surface area (Å²) in [7, 11) is 0. The van der Waals surface area contributed by atoms with Crippen LogP contribution in [0.15, 0.2) is 42.5 Å². The van der Waals surface area contributed by atoms with Crippen LogP contribution in [0.2, 0.25) is 0 Å². The fraction of sp³-hybridized carbons (Fsp3) is 0.316. The van der Waals surface area contributed by atoms with Crippen molar-refractivity contribution >= 4 is 11.6 Å². The average Bonchev–Trinajstić information content (AvgIpc) is 2.59. The van der Waals surface area contributed by atoms with Crippen LogP contribution in [0.25, 0.3) is 0 Å². The molecule has 0 heterocycles. The van der Waals surface area contributed by atoms with E-state index >= 15 is 0 Å². The van der Waals surface area contributed by atoms with Crippen LogP contribution in [-0.2, 0) is 11.3 Å². The molecule has 0 radical (unpaired) electrons. The maximum atomic E-state index is 13.6. The highest BCUT2D eigenvalue weighted by molar-refractivity contribution is 5.90. The number of rotatable bonds is 7. The summed E-state index contributed by atoms with van der Waals surface area (Å²) in [5.41, 5.74) is 0.770. The summed E-state index contributed by atoms with van der Waals surface area (Å²) >= 11 is 0. The van der Waals surface area contributed by atoms with Gasteiger partial charge in [0.05, 0.1) is 5.69 Å². The molecule has 0 spiro atoms. The van der Waals surface area contributed by atoms with Crippen LogP contribution in [-0.4, -0.2) is 23.4 Å². The average molecular weight is 350 g/mol. The van der Waals surface area contributed by atoms with Crippen LogP contribution in [0.3, 0.4) is 0 Å². The SMILES string of the molecule is CC(C)N(CCC(=O)Nc1ccc(F)c(F)c1F)Cc1ccccc1. The third kappa shape index (κ3) is 5.32. The Bertz CT molecular complexity index is 720. The van der Waals surface area contributed by atoms with Gasteiger partial charge in [0.2, 0.25) is 5.91 Å². The number of hydrogen-bond acceptors (Lipinski definition) is 2. The summed E-state index contributed by atoms with van der Waals surface area (Å²) in [6.45, 7) is 5.20. The number of amides is 1. The van der Waals surface area contributed by atoms with E-state index in [-0.39, 0.29) is 18.2 Å². The van der Waals surface area contributed by atoms with E-state index in [1.807, 2.05) is 44.2 Å². The number of hydrogen-bond donors (Lipinski definition) is 1. The lowest BCUT2D eigenvalue weighted by Gasteiger charge is -2.26. The van der Waals surface area contributed by atoms with E-state index in [4.69, 9.17) is 0 Å². The van der Waals surface area contributed by atoms with Crippen LogP contribution in [0.1, 0.15) is 25.8 Å². The fourth-order valence-electron chi connectivity index (χ4n) is 2.42. The minimum Gasteiger partial charge on any atom is -0.323 e. The van der Waals surface area contributed by atoms with Crippen LogP contribution < -0.4 is 5.32 Å². The summed E-state index contributed by atoms with van der Waals surface area (Å²) in [4.78, 5) is 14.1. The van der Waals surface area contributed by atoms with Crippen molar-refractivity contribution < 1.29 is 18.0 Å². The molecule has 3 nitrogen and oxygen atoms in total. The van der Waals surface area contributed by atoms with Crippen molar-refractivity contribution in [1.29, 1.82) is 0 Å². The summed E-state index contributed by atoms with van der Waals surface area (Å²) in [5, 5.41) is 2.29. The second-order valence-corrected chi connectivity index (χ2v) is 6.07. The summed E-state index contributed by atoms with van der Waals surface area (Å²) in [5.74, 6) is -4.73. The first-order valence-corrected chi connectivity index (χ1v) is 8.09. The van der Waals surface area contributed by atoms with E-state index in [1.165, 1.54) is 0 Å². The lowest BCUT2D eigenvalue weighted by atomic mass is 10.2. The zero-order valence-electron chi connectivity index (χ0n) is 14.2. The zero-order chi connectivity index (χ0) is 18.4. The Kier molecular flexibility index (Phi) is 6.58. The van der Waals surface area contributed by atoms with E-state index in [2.05, 4.69) is 10.2 Å². The molecule has 1 amide bonds. The van der Waals surface area contributed by atoms with Crippen LogP contribution >= 0.6 is 0 Å². The number of carbonyl (C=O) groups is 1. The van der Waals surface area contributed by atoms with Gasteiger partial charge in [-0.05, 0) is 31.5 Å². The number of carbonyl (C=O) groups excluding carboxylic acids is 1. The smallest absolute Gasteiger partial charge is 0.225 e. The van der Waals surface area contributed by atoms with Crippen molar-refractivity contribution in [2.75, 3.05) is 11.9 Å². The number of halogens is 3. The quantitative estimate of drug-likeness (QED) is 0.753. The van der Waals surface area contributed by atoms with E-state index in [0.29, 0.717) is 13.1 Å². The van der Waals surface area contributed by atoms with Gasteiger partial charge in [0, 0.05) is 25.6 Å². The van der Waals surface area contributed by atoms with Crippen molar-refractivity contribution in [2.24, 2.45) is 0 Å². The Labute approximate surface area is 145 Å². The van der Waals surface area contributed by atoms with Crippen molar-refractivity contribution in [3.8, 4) is 0 Å². The number of nitrogens with one attached hydrogen (secondary N) is 1. The maximum Gasteiger partial charge on any atom is 0.225 e. The molecule has 0 aliphatic carbocycles. The van der Waals surface area contributed by atoms with E-state index < -0.39 is 23.4 Å². The molecule has 0 saturated heterocycles. The molecule has 0 unspecified atom stereocenters. The van der Waals surface area contributed by atoms with Crippen molar-refractivity contribution in [1.82, 2.24) is 4.90 Å². The molecule has 0 atom stereocenters. The molecule has 0 aliphatic rings. The molecule has 2 rings (SSSR count). The van der Waals surface area contributed by atoms with E-state index in [1.54, 1.807) is 0 Å². The highest BCUT2D eigenvalue weighted by Gasteiger charge is 2.16. The van der Waals surface area contributed by atoms with Gasteiger partial charge in [-0.3, -0.25) is 9.69 Å². The molecule has 134 valence electrons. The van der Waals surface area contributed by atoms with Gasteiger partial charge in [-0.1, -0.05) is 30.3 Å². The predicted octanol–water partition coefficient (Wildman–Crippen LogP) is 4.34. The largest absolute Gasteiger partial charge is 0.323 e. The zero-order valence-corrected chi connectivity index (χ0v) is 14.2. The standard InChI is InChI=1S/C19H21F3N2O/c1-13(2)24(12-14-6-4-3-5-7-14)11-10-17(25)23-16-9-8-15(20)18(21)19(16)22/h3-9,13H,10-12H2,1-2H3,(H,23,25). The minimum atomic E-state index is -1.59. The first kappa shape index (κ1) is 19.0. The first-order valence-electron chi connectivity index (χ1n) is 8.09. The molecule has 2 aromatic rings. The van der Waals surface area contributed by atoms with Crippen molar-refractivity contribution in [3.63, 3.8) is 0 Å². The molecule has 0 aromatic heterocycles. The lowest BCUT2D eigenvalue weighted by molar-refractivity contribution is -0.116. The van der Waals surface area contributed by atoms with Crippen molar-refractivity contribution in [3.05, 3.63) is 65.5 Å². The molecular weight excluding hydrogens is 329 g/mol. The van der Waals surface area contributed by atoms with Gasteiger partial charge in [0.25, 0.3) is 0 Å². The Morgan fingerprint density at radius 1 is 1.04 bits per heavy atom. The van der Waals surface area contributed by atoms with Gasteiger partial charge >= 0.3 is 0 Å². The van der Waals surface area contributed by atoms with Gasteiger partial charge in [0.1, 0.15) is 0 Å². The molecule has 0 bridgehead atoms. The fourth-order valence-corrected chi connectivity index (χ4v) is 2.42. The minimum absolute atomic E-state index is 0.115. The predicted molar refractivity (Wildman–Crippen MR) is 91.6 cm³/mol. The molecule has 6 heteroatoms. The van der Waals surface area contributed by atoms with Gasteiger partial charge in [-0.15, -0.1) is 0 Å². The first-order chi connectivity index (χ1) is 11.9. The number of benzene rings is 2. The second-order valence-electron chi connectivity index (χ2n) is 6.07. The van der Waals surface area contributed by atoms with E-state index in [0.717, 1.165) is 17.7 Å². The lowest BCUT2D eigenvalue weighted by Crippen LogP contribution is -2.33. The molecule has 0 saturated carbocycles. The summed E-state index contributed by atoms with van der Waals surface area (Å²) in [6.07, 6.45) is 0.115. The van der Waals surface area contributed by atoms with Crippen LogP contribution in [0.4, 0.5) is 18.9 Å². The topological polar surface area (TPSA) is 32.3 Å². The second kappa shape index (κ2) is 8.67. The van der Waals surface area contributed by atoms with E-state index in [9.17, 15) is 18.0 Å². The highest BCUT2D eigenvalue weighted by Crippen LogP contribution is 2.20. The number of nitrogens with zero attached hydrogens (tertiary/aromatic N) is 1. The Hall–Kier alpha value is -2.34. The van der Waals surface area contributed by atoms with Gasteiger partial charge in [-0.2, -0.15) is 0 Å². The van der Waals surface area contributed by atoms with Crippen LogP contribution in [0, 0.1) is 17.5 Å². The molecule has 0 aliphatic heterocycles. The van der Waals surface area contributed by atoms with Gasteiger partial charge in [-0.25, -0.2) is 13.2 Å². The van der Waals surface area contributed by atoms with Gasteiger partial charge < -0.3 is 5.32 Å².